The number of anilines is 1. The van der Waals surface area contributed by atoms with Crippen molar-refractivity contribution < 1.29 is 9.53 Å². The summed E-state index contributed by atoms with van der Waals surface area (Å²) in [7, 11) is 2.14. The summed E-state index contributed by atoms with van der Waals surface area (Å²) in [6, 6.07) is 7.83. The number of carbonyl (C=O) groups excluding carboxylic acids is 1. The van der Waals surface area contributed by atoms with Gasteiger partial charge in [-0.1, -0.05) is 25.4 Å². The van der Waals surface area contributed by atoms with Crippen LogP contribution < -0.4 is 15.4 Å². The molecule has 1 aliphatic rings. The summed E-state index contributed by atoms with van der Waals surface area (Å²) in [6.45, 7) is 6.85. The third-order valence-corrected chi connectivity index (χ3v) is 6.03. The van der Waals surface area contributed by atoms with Crippen molar-refractivity contribution in [2.45, 2.75) is 32.7 Å². The van der Waals surface area contributed by atoms with Crippen LogP contribution in [0, 0.1) is 5.92 Å². The van der Waals surface area contributed by atoms with E-state index in [0.717, 1.165) is 42.7 Å². The number of amides is 1. The SMILES string of the molecule is CC(C)CNC(=O)COc1ccc(-c2nc3c(NC4CCN(C)CC4)c(Cl)cnc3[nH]2)cc1. The Morgan fingerprint density at radius 2 is 2.00 bits per heavy atom. The Bertz CT molecular complexity index is 1090. The number of likely N-dealkylation sites (tertiary alicyclic amines) is 1. The van der Waals surface area contributed by atoms with Crippen LogP contribution in [0.1, 0.15) is 26.7 Å². The number of pyridine rings is 1. The van der Waals surface area contributed by atoms with Gasteiger partial charge in [0.25, 0.3) is 5.91 Å². The summed E-state index contributed by atoms with van der Waals surface area (Å²) in [6.07, 6.45) is 3.78. The Labute approximate surface area is 199 Å². The van der Waals surface area contributed by atoms with Crippen LogP contribution in [-0.4, -0.2) is 65.1 Å². The van der Waals surface area contributed by atoms with Gasteiger partial charge in [0, 0.05) is 18.2 Å². The van der Waals surface area contributed by atoms with E-state index in [1.807, 2.05) is 24.3 Å². The summed E-state index contributed by atoms with van der Waals surface area (Å²) in [5.41, 5.74) is 3.14. The fraction of sp³-hybridized carbons (Fsp3) is 0.458. The molecule has 0 spiro atoms. The van der Waals surface area contributed by atoms with Gasteiger partial charge in [-0.3, -0.25) is 4.79 Å². The van der Waals surface area contributed by atoms with Gasteiger partial charge in [0.1, 0.15) is 17.1 Å². The molecule has 0 unspecified atom stereocenters. The summed E-state index contributed by atoms with van der Waals surface area (Å²) in [5.74, 6) is 1.60. The number of rotatable bonds is 8. The van der Waals surface area contributed by atoms with Crippen molar-refractivity contribution in [3.8, 4) is 17.1 Å². The first-order valence-corrected chi connectivity index (χ1v) is 11.8. The molecule has 176 valence electrons. The lowest BCUT2D eigenvalue weighted by atomic mass is 10.1. The molecule has 3 N–H and O–H groups in total. The lowest BCUT2D eigenvalue weighted by molar-refractivity contribution is -0.123. The first-order valence-electron chi connectivity index (χ1n) is 11.4. The molecule has 2 aromatic heterocycles. The van der Waals surface area contributed by atoms with Crippen molar-refractivity contribution in [2.75, 3.05) is 38.6 Å². The minimum absolute atomic E-state index is 0.00882. The molecule has 0 aliphatic carbocycles. The number of imidazole rings is 1. The molecule has 33 heavy (non-hydrogen) atoms. The monoisotopic (exact) mass is 470 g/mol. The van der Waals surface area contributed by atoms with Crippen LogP contribution >= 0.6 is 11.6 Å². The third-order valence-electron chi connectivity index (χ3n) is 5.74. The maximum Gasteiger partial charge on any atom is 0.257 e. The van der Waals surface area contributed by atoms with Gasteiger partial charge in [-0.25, -0.2) is 9.97 Å². The van der Waals surface area contributed by atoms with Gasteiger partial charge in [0.15, 0.2) is 12.3 Å². The van der Waals surface area contributed by atoms with Crippen molar-refractivity contribution in [3.63, 3.8) is 0 Å². The second-order valence-electron chi connectivity index (χ2n) is 9.00. The number of carbonyl (C=O) groups is 1. The zero-order valence-corrected chi connectivity index (χ0v) is 20.1. The Balaban J connectivity index is 1.45. The number of piperidine rings is 1. The normalized spacial score (nSPS) is 15.2. The van der Waals surface area contributed by atoms with E-state index in [2.05, 4.69) is 46.4 Å². The van der Waals surface area contributed by atoms with Gasteiger partial charge in [0.05, 0.1) is 16.9 Å². The molecule has 1 aliphatic heterocycles. The number of nitrogens with one attached hydrogen (secondary N) is 3. The fourth-order valence-electron chi connectivity index (χ4n) is 3.79. The van der Waals surface area contributed by atoms with E-state index < -0.39 is 0 Å². The molecule has 0 atom stereocenters. The standard InChI is InChI=1S/C24H31ClN6O2/c1-15(2)12-26-20(32)14-33-18-6-4-16(5-7-18)23-29-22-21(19(25)13-27-24(22)30-23)28-17-8-10-31(3)11-9-17/h4-7,13,15,17H,8-12,14H2,1-3H3,(H,26,32)(H2,27,28,29,30). The number of H-pyrrole nitrogens is 1. The number of aromatic nitrogens is 3. The van der Waals surface area contributed by atoms with Crippen molar-refractivity contribution >= 4 is 34.4 Å². The second-order valence-corrected chi connectivity index (χ2v) is 9.40. The van der Waals surface area contributed by atoms with Gasteiger partial charge in [-0.15, -0.1) is 0 Å². The number of nitrogens with zero attached hydrogens (tertiary/aromatic N) is 3. The third kappa shape index (κ3) is 5.94. The molecule has 3 aromatic rings. The summed E-state index contributed by atoms with van der Waals surface area (Å²) in [4.78, 5) is 26.7. The highest BCUT2D eigenvalue weighted by atomic mass is 35.5. The summed E-state index contributed by atoms with van der Waals surface area (Å²) < 4.78 is 5.59. The second kappa shape index (κ2) is 10.4. The van der Waals surface area contributed by atoms with Crippen molar-refractivity contribution in [1.82, 2.24) is 25.2 Å². The van der Waals surface area contributed by atoms with Crippen LogP contribution in [0.25, 0.3) is 22.6 Å². The molecule has 0 radical (unpaired) electrons. The van der Waals surface area contributed by atoms with Gasteiger partial charge >= 0.3 is 0 Å². The maximum absolute atomic E-state index is 11.8. The Hall–Kier alpha value is -2.84. The van der Waals surface area contributed by atoms with Gasteiger partial charge in [-0.05, 0) is 63.2 Å². The number of halogens is 1. The predicted molar refractivity (Wildman–Crippen MR) is 132 cm³/mol. The molecule has 1 fully saturated rings. The molecule has 0 saturated carbocycles. The molecular formula is C24H31ClN6O2. The van der Waals surface area contributed by atoms with Gasteiger partial charge in [-0.2, -0.15) is 0 Å². The molecule has 9 heteroatoms. The molecule has 1 amide bonds. The van der Waals surface area contributed by atoms with E-state index in [1.54, 1.807) is 6.20 Å². The van der Waals surface area contributed by atoms with Crippen molar-refractivity contribution in [3.05, 3.63) is 35.5 Å². The first-order chi connectivity index (χ1) is 15.9. The van der Waals surface area contributed by atoms with Crippen LogP contribution in [0.5, 0.6) is 5.75 Å². The average Bonchev–Trinajstić information content (AvgIpc) is 3.24. The topological polar surface area (TPSA) is 95.2 Å². The largest absolute Gasteiger partial charge is 0.484 e. The first kappa shape index (κ1) is 23.3. The van der Waals surface area contributed by atoms with E-state index in [0.29, 0.717) is 40.7 Å². The molecule has 3 heterocycles. The summed E-state index contributed by atoms with van der Waals surface area (Å²) >= 11 is 6.49. The van der Waals surface area contributed by atoms with Crippen LogP contribution in [0.4, 0.5) is 5.69 Å². The van der Waals surface area contributed by atoms with Gasteiger partial charge in [0.2, 0.25) is 0 Å². The Kier molecular flexibility index (Phi) is 7.35. The van der Waals surface area contributed by atoms with E-state index in [-0.39, 0.29) is 12.5 Å². The highest BCUT2D eigenvalue weighted by Crippen LogP contribution is 2.32. The minimum Gasteiger partial charge on any atom is -0.484 e. The van der Waals surface area contributed by atoms with E-state index in [1.165, 1.54) is 0 Å². The van der Waals surface area contributed by atoms with Crippen LogP contribution in [0.3, 0.4) is 0 Å². The molecule has 4 rings (SSSR count). The number of ether oxygens (including phenoxy) is 1. The quantitative estimate of drug-likeness (QED) is 0.461. The highest BCUT2D eigenvalue weighted by Gasteiger charge is 2.20. The zero-order chi connectivity index (χ0) is 23.4. The van der Waals surface area contributed by atoms with Crippen LogP contribution in [-0.2, 0) is 4.79 Å². The smallest absolute Gasteiger partial charge is 0.257 e. The minimum atomic E-state index is -0.127. The molecular weight excluding hydrogens is 440 g/mol. The lowest BCUT2D eigenvalue weighted by Crippen LogP contribution is -2.36. The predicted octanol–water partition coefficient (Wildman–Crippen LogP) is 3.94. The zero-order valence-electron chi connectivity index (χ0n) is 19.3. The number of benzene rings is 1. The van der Waals surface area contributed by atoms with E-state index >= 15 is 0 Å². The number of hydrogen-bond acceptors (Lipinski definition) is 6. The average molecular weight is 471 g/mol. The van der Waals surface area contributed by atoms with Crippen molar-refractivity contribution in [2.24, 2.45) is 5.92 Å². The van der Waals surface area contributed by atoms with Crippen LogP contribution in [0.2, 0.25) is 5.02 Å². The number of fused-ring (bicyclic) bond motifs is 1. The highest BCUT2D eigenvalue weighted by molar-refractivity contribution is 6.34. The molecule has 8 nitrogen and oxygen atoms in total. The van der Waals surface area contributed by atoms with Crippen LogP contribution in [0.15, 0.2) is 30.5 Å². The Morgan fingerprint density at radius 1 is 1.27 bits per heavy atom. The number of hydrogen-bond donors (Lipinski definition) is 3. The molecule has 0 bridgehead atoms. The molecule has 1 aromatic carbocycles. The fourth-order valence-corrected chi connectivity index (χ4v) is 3.98. The van der Waals surface area contributed by atoms with E-state index in [4.69, 9.17) is 21.3 Å². The van der Waals surface area contributed by atoms with Crippen molar-refractivity contribution in [1.29, 1.82) is 0 Å². The van der Waals surface area contributed by atoms with Gasteiger partial charge < -0.3 is 25.3 Å². The van der Waals surface area contributed by atoms with E-state index in [9.17, 15) is 4.79 Å². The maximum atomic E-state index is 11.8. The number of aromatic amines is 1. The lowest BCUT2D eigenvalue weighted by Gasteiger charge is -2.30. The molecule has 1 saturated heterocycles. The Morgan fingerprint density at radius 3 is 2.70 bits per heavy atom. The summed E-state index contributed by atoms with van der Waals surface area (Å²) in [5, 5.41) is 7.00.